The molecule has 0 N–H and O–H groups in total. The Morgan fingerprint density at radius 1 is 0.848 bits per heavy atom. The number of carbonyl (C=O) groups is 1. The number of halogens is 1. The number of hydrogen-bond acceptors (Lipinski definition) is 6. The van der Waals surface area contributed by atoms with Crippen LogP contribution in [0.5, 0.6) is 0 Å². The van der Waals surface area contributed by atoms with E-state index in [1.165, 1.54) is 0 Å². The van der Waals surface area contributed by atoms with Gasteiger partial charge < -0.3 is 9.47 Å². The van der Waals surface area contributed by atoms with Crippen molar-refractivity contribution < 1.29 is 9.36 Å². The van der Waals surface area contributed by atoms with Crippen LogP contribution >= 0.6 is 15.9 Å². The zero-order valence-electron chi connectivity index (χ0n) is 24.8. The lowest BCUT2D eigenvalue weighted by atomic mass is 10.1. The second-order valence-electron chi connectivity index (χ2n) is 10.8. The van der Waals surface area contributed by atoms with E-state index in [4.69, 9.17) is 10.2 Å². The van der Waals surface area contributed by atoms with E-state index in [0.717, 1.165) is 26.7 Å². The normalized spacial score (nSPS) is 10.8. The van der Waals surface area contributed by atoms with E-state index in [2.05, 4.69) is 38.3 Å². The third-order valence-corrected chi connectivity index (χ3v) is 8.23. The Morgan fingerprint density at radius 2 is 1.50 bits per heavy atom. The van der Waals surface area contributed by atoms with Gasteiger partial charge in [0.05, 0.1) is 36.4 Å². The van der Waals surface area contributed by atoms with Gasteiger partial charge in [0.15, 0.2) is 18.1 Å². The molecule has 1 amide bonds. The molecule has 0 unspecified atom stereocenters. The number of hydrogen-bond donors (Lipinski definition) is 0. The van der Waals surface area contributed by atoms with E-state index in [9.17, 15) is 10.1 Å². The van der Waals surface area contributed by atoms with E-state index in [0.29, 0.717) is 54.2 Å². The second-order valence-corrected chi connectivity index (χ2v) is 11.8. The van der Waals surface area contributed by atoms with Crippen LogP contribution in [0.1, 0.15) is 44.1 Å². The molecule has 10 heteroatoms. The molecule has 0 bridgehead atoms. The molecule has 6 rings (SSSR count). The monoisotopic (exact) mass is 667 g/mol. The number of amides is 1. The number of para-hydroxylation sites is 2. The summed E-state index contributed by atoms with van der Waals surface area (Å²) in [4.78, 5) is 20.9. The first-order chi connectivity index (χ1) is 22.5. The van der Waals surface area contributed by atoms with Crippen LogP contribution in [0.2, 0.25) is 0 Å². The summed E-state index contributed by atoms with van der Waals surface area (Å²) in [6.07, 6.45) is 4.10. The molecule has 0 atom stereocenters. The van der Waals surface area contributed by atoms with E-state index in [1.54, 1.807) is 41.7 Å². The van der Waals surface area contributed by atoms with Gasteiger partial charge in [-0.1, -0.05) is 64.5 Å². The average Bonchev–Trinajstić information content (AvgIpc) is 3.53. The smallest absolute Gasteiger partial charge is 0.279 e. The SMILES string of the molecule is N#Cc1ccc(Cn2cnnc2CN(CCc2ccc(Br)cc2)C(=O)c2c[n+](Cc3ccc(C#N)cc3)c3ccccc3n2)cc1. The Kier molecular flexibility index (Phi) is 9.19. The van der Waals surface area contributed by atoms with Crippen molar-refractivity contribution in [1.29, 1.82) is 10.5 Å². The molecule has 2 heterocycles. The molecule has 224 valence electrons. The van der Waals surface area contributed by atoms with Gasteiger partial charge in [0.25, 0.3) is 5.91 Å². The van der Waals surface area contributed by atoms with Gasteiger partial charge in [-0.15, -0.1) is 10.2 Å². The quantitative estimate of drug-likeness (QED) is 0.176. The number of nitrogens with zero attached hydrogens (tertiary/aromatic N) is 8. The van der Waals surface area contributed by atoms with Crippen LogP contribution in [0.15, 0.2) is 114 Å². The summed E-state index contributed by atoms with van der Waals surface area (Å²) >= 11 is 3.50. The lowest BCUT2D eigenvalue weighted by molar-refractivity contribution is -0.662. The molecule has 6 aromatic rings. The van der Waals surface area contributed by atoms with Crippen LogP contribution in [0.3, 0.4) is 0 Å². The second kappa shape index (κ2) is 13.9. The fourth-order valence-electron chi connectivity index (χ4n) is 5.21. The van der Waals surface area contributed by atoms with Gasteiger partial charge in [-0.3, -0.25) is 4.79 Å². The Bertz CT molecular complexity index is 2080. The number of benzene rings is 4. The lowest BCUT2D eigenvalue weighted by Crippen LogP contribution is -2.40. The average molecular weight is 669 g/mol. The molecule has 0 saturated heterocycles. The predicted molar refractivity (Wildman–Crippen MR) is 175 cm³/mol. The maximum atomic E-state index is 14.3. The highest BCUT2D eigenvalue weighted by Crippen LogP contribution is 2.16. The molecular formula is C36H28BrN8O+. The van der Waals surface area contributed by atoms with Crippen molar-refractivity contribution in [2.45, 2.75) is 26.1 Å². The first-order valence-electron chi connectivity index (χ1n) is 14.7. The van der Waals surface area contributed by atoms with Crippen molar-refractivity contribution in [1.82, 2.24) is 24.6 Å². The maximum Gasteiger partial charge on any atom is 0.279 e. The van der Waals surface area contributed by atoms with Crippen molar-refractivity contribution in [3.05, 3.63) is 153 Å². The summed E-state index contributed by atoms with van der Waals surface area (Å²) in [6, 6.07) is 34.9. The Hall–Kier alpha value is -5.71. The van der Waals surface area contributed by atoms with Crippen LogP contribution in [-0.4, -0.2) is 37.1 Å². The van der Waals surface area contributed by atoms with E-state index < -0.39 is 0 Å². The van der Waals surface area contributed by atoms with Gasteiger partial charge in [0.1, 0.15) is 11.8 Å². The van der Waals surface area contributed by atoms with Crippen LogP contribution in [0.4, 0.5) is 0 Å². The van der Waals surface area contributed by atoms with Crippen LogP contribution < -0.4 is 4.57 Å². The summed E-state index contributed by atoms with van der Waals surface area (Å²) in [5.41, 5.74) is 6.21. The molecule has 0 radical (unpaired) electrons. The third-order valence-electron chi connectivity index (χ3n) is 7.70. The first-order valence-corrected chi connectivity index (χ1v) is 15.5. The van der Waals surface area contributed by atoms with Crippen molar-refractivity contribution in [2.24, 2.45) is 0 Å². The Morgan fingerprint density at radius 3 is 2.20 bits per heavy atom. The van der Waals surface area contributed by atoms with Gasteiger partial charge in [-0.05, 0) is 60.0 Å². The highest BCUT2D eigenvalue weighted by molar-refractivity contribution is 9.10. The molecular weight excluding hydrogens is 640 g/mol. The molecule has 0 saturated carbocycles. The maximum absolute atomic E-state index is 14.3. The molecule has 0 aliphatic carbocycles. The first kappa shape index (κ1) is 30.3. The van der Waals surface area contributed by atoms with Crippen molar-refractivity contribution in [2.75, 3.05) is 6.54 Å². The summed E-state index contributed by atoms with van der Waals surface area (Å²) in [6.45, 7) is 1.68. The summed E-state index contributed by atoms with van der Waals surface area (Å²) < 4.78 is 4.93. The minimum atomic E-state index is -0.218. The summed E-state index contributed by atoms with van der Waals surface area (Å²) in [5, 5.41) is 26.9. The highest BCUT2D eigenvalue weighted by atomic mass is 79.9. The van der Waals surface area contributed by atoms with E-state index in [1.807, 2.05) is 81.9 Å². The van der Waals surface area contributed by atoms with Gasteiger partial charge in [-0.2, -0.15) is 15.1 Å². The standard InChI is InChI=1S/C36H28BrN8O/c37-31-15-13-26(14-16-31)17-18-43(24-35-42-40-25-45(35)22-30-11-7-28(20-39)8-12-30)36(46)33-23-44(34-4-2-1-3-32(34)41-33)21-29-9-5-27(19-38)6-10-29/h1-16,23,25H,17-18,21-22,24H2/q+1. The van der Waals surface area contributed by atoms with Crippen LogP contribution in [0, 0.1) is 22.7 Å². The van der Waals surface area contributed by atoms with Gasteiger partial charge >= 0.3 is 0 Å². The fourth-order valence-corrected chi connectivity index (χ4v) is 5.47. The Balaban J connectivity index is 1.32. The molecule has 9 nitrogen and oxygen atoms in total. The molecule has 4 aromatic carbocycles. The molecule has 0 aliphatic rings. The summed E-state index contributed by atoms with van der Waals surface area (Å²) in [5.74, 6) is 0.420. The summed E-state index contributed by atoms with van der Waals surface area (Å²) in [7, 11) is 0. The van der Waals surface area contributed by atoms with Crippen molar-refractivity contribution in [3.63, 3.8) is 0 Å². The third kappa shape index (κ3) is 7.15. The Labute approximate surface area is 274 Å². The van der Waals surface area contributed by atoms with Crippen LogP contribution in [0.25, 0.3) is 11.0 Å². The van der Waals surface area contributed by atoms with Gasteiger partial charge in [-0.25, -0.2) is 4.98 Å². The zero-order chi connectivity index (χ0) is 31.9. The molecule has 46 heavy (non-hydrogen) atoms. The largest absolute Gasteiger partial charge is 0.329 e. The zero-order valence-corrected chi connectivity index (χ0v) is 26.4. The van der Waals surface area contributed by atoms with Crippen molar-refractivity contribution >= 4 is 32.9 Å². The minimum Gasteiger partial charge on any atom is -0.329 e. The van der Waals surface area contributed by atoms with E-state index >= 15 is 0 Å². The number of nitriles is 2. The highest BCUT2D eigenvalue weighted by Gasteiger charge is 2.25. The number of carbonyl (C=O) groups excluding carboxylic acids is 1. The minimum absolute atomic E-state index is 0.218. The van der Waals surface area contributed by atoms with Crippen molar-refractivity contribution in [3.8, 4) is 12.1 Å². The fraction of sp³-hybridized carbons (Fsp3) is 0.139. The molecule has 2 aromatic heterocycles. The molecule has 0 fully saturated rings. The number of fused-ring (bicyclic) bond motifs is 1. The number of aromatic nitrogens is 5. The topological polar surface area (TPSA) is 115 Å². The lowest BCUT2D eigenvalue weighted by Gasteiger charge is -2.22. The number of rotatable bonds is 10. The van der Waals surface area contributed by atoms with Crippen LogP contribution in [-0.2, 0) is 26.1 Å². The van der Waals surface area contributed by atoms with Gasteiger partial charge in [0, 0.05) is 22.6 Å². The van der Waals surface area contributed by atoms with E-state index in [-0.39, 0.29) is 12.5 Å². The molecule has 0 aliphatic heterocycles. The van der Waals surface area contributed by atoms with Gasteiger partial charge in [0.2, 0.25) is 11.7 Å². The predicted octanol–water partition coefficient (Wildman–Crippen LogP) is 5.60. The molecule has 0 spiro atoms.